The Morgan fingerprint density at radius 2 is 1.89 bits per heavy atom. The molecule has 0 radical (unpaired) electrons. The van der Waals surface area contributed by atoms with Gasteiger partial charge in [0, 0.05) is 11.5 Å². The maximum Gasteiger partial charge on any atom is 0.170 e. The largest absolute Gasteiger partial charge is 0.497 e. The lowest BCUT2D eigenvalue weighted by Crippen LogP contribution is -2.20. The molecule has 0 saturated heterocycles. The Hall–Kier alpha value is -2.09. The molecule has 0 saturated carbocycles. The van der Waals surface area contributed by atoms with Gasteiger partial charge in [-0.1, -0.05) is 36.4 Å². The number of hydrogen-bond donors (Lipinski definition) is 0. The molecule has 2 heteroatoms. The van der Waals surface area contributed by atoms with E-state index >= 15 is 0 Å². The molecule has 0 N–H and O–H groups in total. The number of aryl methyl sites for hydroxylation is 1. The van der Waals surface area contributed by atoms with Crippen molar-refractivity contribution in [3.63, 3.8) is 0 Å². The van der Waals surface area contributed by atoms with Crippen molar-refractivity contribution in [2.75, 3.05) is 7.11 Å². The molecular formula is C17H16O2. The van der Waals surface area contributed by atoms with Crippen LogP contribution in [0.5, 0.6) is 5.75 Å². The van der Waals surface area contributed by atoms with Crippen LogP contribution in [0.3, 0.4) is 0 Å². The number of ketones is 1. The number of methoxy groups -OCH3 is 1. The summed E-state index contributed by atoms with van der Waals surface area (Å²) in [6.45, 7) is 0. The summed E-state index contributed by atoms with van der Waals surface area (Å²) in [5.41, 5.74) is 3.07. The minimum atomic E-state index is -0.0131. The van der Waals surface area contributed by atoms with Crippen LogP contribution in [0.25, 0.3) is 0 Å². The van der Waals surface area contributed by atoms with Crippen molar-refractivity contribution in [1.29, 1.82) is 0 Å². The molecule has 0 aliphatic heterocycles. The van der Waals surface area contributed by atoms with Crippen molar-refractivity contribution in [2.45, 2.75) is 18.8 Å². The van der Waals surface area contributed by atoms with E-state index in [9.17, 15) is 4.79 Å². The van der Waals surface area contributed by atoms with Gasteiger partial charge in [-0.05, 0) is 36.1 Å². The van der Waals surface area contributed by atoms with Crippen LogP contribution in [0.4, 0.5) is 0 Å². The zero-order valence-electron chi connectivity index (χ0n) is 10.9. The molecule has 2 nitrogen and oxygen atoms in total. The van der Waals surface area contributed by atoms with Crippen LogP contribution in [0.15, 0.2) is 48.5 Å². The number of Topliss-reactive ketones (excluding diaryl/α,β-unsaturated/α-hetero) is 1. The van der Waals surface area contributed by atoms with E-state index < -0.39 is 0 Å². The zero-order chi connectivity index (χ0) is 13.2. The second-order valence-electron chi connectivity index (χ2n) is 4.89. The fraction of sp³-hybridized carbons (Fsp3) is 0.235. The van der Waals surface area contributed by atoms with E-state index in [1.165, 1.54) is 0 Å². The summed E-state index contributed by atoms with van der Waals surface area (Å²) < 4.78 is 5.22. The number of carbonyl (C=O) groups excluding carboxylic acids is 1. The zero-order valence-corrected chi connectivity index (χ0v) is 10.9. The van der Waals surface area contributed by atoms with Crippen molar-refractivity contribution >= 4 is 5.78 Å². The fourth-order valence-electron chi connectivity index (χ4n) is 2.75. The van der Waals surface area contributed by atoms with E-state index in [0.29, 0.717) is 0 Å². The number of rotatable bonds is 2. The lowest BCUT2D eigenvalue weighted by molar-refractivity contribution is 0.0946. The van der Waals surface area contributed by atoms with Crippen LogP contribution < -0.4 is 4.74 Å². The number of carbonyl (C=O) groups is 1. The van der Waals surface area contributed by atoms with Gasteiger partial charge in [-0.3, -0.25) is 4.79 Å². The highest BCUT2D eigenvalue weighted by atomic mass is 16.5. The van der Waals surface area contributed by atoms with Crippen molar-refractivity contribution in [3.8, 4) is 5.75 Å². The lowest BCUT2D eigenvalue weighted by Gasteiger charge is -2.24. The second-order valence-corrected chi connectivity index (χ2v) is 4.89. The molecule has 0 aromatic heterocycles. The number of hydrogen-bond acceptors (Lipinski definition) is 2. The maximum atomic E-state index is 12.6. The van der Waals surface area contributed by atoms with E-state index in [4.69, 9.17) is 4.74 Å². The third-order valence-corrected chi connectivity index (χ3v) is 3.80. The highest BCUT2D eigenvalue weighted by Crippen LogP contribution is 2.34. The Morgan fingerprint density at radius 3 is 2.63 bits per heavy atom. The van der Waals surface area contributed by atoms with Gasteiger partial charge in [0.15, 0.2) is 5.78 Å². The second kappa shape index (κ2) is 4.88. The summed E-state index contributed by atoms with van der Waals surface area (Å²) >= 11 is 0. The van der Waals surface area contributed by atoms with Crippen LogP contribution in [0.1, 0.15) is 33.8 Å². The van der Waals surface area contributed by atoms with E-state index in [1.807, 2.05) is 48.5 Å². The summed E-state index contributed by atoms with van der Waals surface area (Å²) in [5, 5.41) is 0. The van der Waals surface area contributed by atoms with Crippen LogP contribution >= 0.6 is 0 Å². The fourth-order valence-corrected chi connectivity index (χ4v) is 2.75. The average Bonchev–Trinajstić information content (AvgIpc) is 2.48. The first-order valence-electron chi connectivity index (χ1n) is 6.55. The summed E-state index contributed by atoms with van der Waals surface area (Å²) in [7, 11) is 1.63. The maximum absolute atomic E-state index is 12.6. The number of benzene rings is 2. The van der Waals surface area contributed by atoms with Crippen LogP contribution in [-0.2, 0) is 6.42 Å². The predicted molar refractivity (Wildman–Crippen MR) is 74.8 cm³/mol. The van der Waals surface area contributed by atoms with E-state index in [-0.39, 0.29) is 11.7 Å². The highest BCUT2D eigenvalue weighted by molar-refractivity contribution is 6.03. The van der Waals surface area contributed by atoms with Gasteiger partial charge in [-0.15, -0.1) is 0 Å². The molecule has 96 valence electrons. The molecule has 0 heterocycles. The summed E-state index contributed by atoms with van der Waals surface area (Å²) in [6.07, 6.45) is 1.84. The van der Waals surface area contributed by atoms with Crippen molar-refractivity contribution in [2.24, 2.45) is 0 Å². The topological polar surface area (TPSA) is 26.3 Å². The standard InChI is InChI=1S/C17H16O2/c1-19-14-9-7-13-8-10-15(17(18)16(13)11-14)12-5-3-2-4-6-12/h2-7,9,11,15H,8,10H2,1H3. The molecule has 1 aliphatic rings. The molecule has 0 spiro atoms. The third-order valence-electron chi connectivity index (χ3n) is 3.80. The molecule has 1 unspecified atom stereocenters. The van der Waals surface area contributed by atoms with Gasteiger partial charge in [0.05, 0.1) is 7.11 Å². The Labute approximate surface area is 113 Å². The van der Waals surface area contributed by atoms with Gasteiger partial charge in [0.1, 0.15) is 5.75 Å². The molecule has 1 aliphatic carbocycles. The van der Waals surface area contributed by atoms with Gasteiger partial charge in [-0.2, -0.15) is 0 Å². The third kappa shape index (κ3) is 2.14. The normalized spacial score (nSPS) is 17.9. The van der Waals surface area contributed by atoms with Gasteiger partial charge < -0.3 is 4.74 Å². The highest BCUT2D eigenvalue weighted by Gasteiger charge is 2.28. The molecule has 0 amide bonds. The Morgan fingerprint density at radius 1 is 1.11 bits per heavy atom. The summed E-state index contributed by atoms with van der Waals surface area (Å²) in [5.74, 6) is 0.952. The van der Waals surface area contributed by atoms with E-state index in [0.717, 1.165) is 35.3 Å². The first-order valence-corrected chi connectivity index (χ1v) is 6.55. The minimum absolute atomic E-state index is 0.0131. The SMILES string of the molecule is COc1ccc2c(c1)C(=O)C(c1ccccc1)CC2. The predicted octanol–water partition coefficient (Wildman–Crippen LogP) is 3.61. The molecule has 0 fully saturated rings. The first-order chi connectivity index (χ1) is 9.29. The average molecular weight is 252 g/mol. The number of ether oxygens (including phenoxy) is 1. The Kier molecular flexibility index (Phi) is 3.08. The summed E-state index contributed by atoms with van der Waals surface area (Å²) in [4.78, 5) is 12.6. The smallest absolute Gasteiger partial charge is 0.170 e. The van der Waals surface area contributed by atoms with Gasteiger partial charge >= 0.3 is 0 Å². The molecule has 1 atom stereocenters. The monoisotopic (exact) mass is 252 g/mol. The van der Waals surface area contributed by atoms with E-state index in [1.54, 1.807) is 7.11 Å². The molecule has 0 bridgehead atoms. The van der Waals surface area contributed by atoms with Crippen LogP contribution in [0, 0.1) is 0 Å². The van der Waals surface area contributed by atoms with Crippen molar-refractivity contribution in [3.05, 3.63) is 65.2 Å². The van der Waals surface area contributed by atoms with Gasteiger partial charge in [-0.25, -0.2) is 0 Å². The Balaban J connectivity index is 1.99. The van der Waals surface area contributed by atoms with E-state index in [2.05, 4.69) is 0 Å². The molecule has 3 rings (SSSR count). The van der Waals surface area contributed by atoms with Crippen molar-refractivity contribution in [1.82, 2.24) is 0 Å². The first kappa shape index (κ1) is 12.0. The number of fused-ring (bicyclic) bond motifs is 1. The quantitative estimate of drug-likeness (QED) is 0.816. The molecule has 2 aromatic carbocycles. The van der Waals surface area contributed by atoms with Crippen molar-refractivity contribution < 1.29 is 9.53 Å². The molecular weight excluding hydrogens is 236 g/mol. The van der Waals surface area contributed by atoms with Crippen LogP contribution in [-0.4, -0.2) is 12.9 Å². The minimum Gasteiger partial charge on any atom is -0.497 e. The van der Waals surface area contributed by atoms with Gasteiger partial charge in [0.25, 0.3) is 0 Å². The lowest BCUT2D eigenvalue weighted by atomic mass is 9.79. The Bertz CT molecular complexity index is 602. The molecule has 2 aromatic rings. The van der Waals surface area contributed by atoms with Crippen LogP contribution in [0.2, 0.25) is 0 Å². The van der Waals surface area contributed by atoms with Gasteiger partial charge in [0.2, 0.25) is 0 Å². The summed E-state index contributed by atoms with van der Waals surface area (Å²) in [6, 6.07) is 15.8. The molecule has 19 heavy (non-hydrogen) atoms.